The normalized spacial score (nSPS) is 10.6. The van der Waals surface area contributed by atoms with Gasteiger partial charge in [0.15, 0.2) is 0 Å². The van der Waals surface area contributed by atoms with E-state index in [1.54, 1.807) is 42.1 Å². The first kappa shape index (κ1) is 21.5. The molecule has 160 valence electrons. The number of amides is 1. The molecule has 5 nitrogen and oxygen atoms in total. The van der Waals surface area contributed by atoms with Gasteiger partial charge in [-0.3, -0.25) is 4.79 Å². The van der Waals surface area contributed by atoms with Crippen LogP contribution in [0, 0.1) is 5.82 Å². The highest BCUT2D eigenvalue weighted by Crippen LogP contribution is 2.22. The Balaban J connectivity index is 1.38. The summed E-state index contributed by atoms with van der Waals surface area (Å²) < 4.78 is 13.5. The molecule has 3 aromatic carbocycles. The zero-order chi connectivity index (χ0) is 22.3. The number of hydrogen-bond donors (Lipinski definition) is 2. The molecule has 4 rings (SSSR count). The molecule has 0 saturated heterocycles. The average molecular weight is 445 g/mol. The number of nitrogens with zero attached hydrogens (tertiary/aromatic N) is 2. The summed E-state index contributed by atoms with van der Waals surface area (Å²) in [5.74, 6) is 0.118. The third kappa shape index (κ3) is 5.50. The van der Waals surface area contributed by atoms with Crippen LogP contribution < -0.4 is 10.6 Å². The zero-order valence-electron chi connectivity index (χ0n) is 17.4. The predicted molar refractivity (Wildman–Crippen MR) is 127 cm³/mol. The summed E-state index contributed by atoms with van der Waals surface area (Å²) >= 11 is 1.68. The minimum Gasteiger partial charge on any atom is -0.348 e. The highest BCUT2D eigenvalue weighted by Gasteiger charge is 2.07. The Labute approximate surface area is 190 Å². The van der Waals surface area contributed by atoms with Crippen molar-refractivity contribution in [3.05, 3.63) is 102 Å². The highest BCUT2D eigenvalue weighted by molar-refractivity contribution is 7.98. The number of aromatic nitrogens is 2. The monoisotopic (exact) mass is 444 g/mol. The number of anilines is 2. The third-order valence-electron chi connectivity index (χ3n) is 4.82. The largest absolute Gasteiger partial charge is 0.348 e. The van der Waals surface area contributed by atoms with Gasteiger partial charge in [0.25, 0.3) is 5.91 Å². The molecule has 4 aromatic rings. The first-order valence-electron chi connectivity index (χ1n) is 9.97. The summed E-state index contributed by atoms with van der Waals surface area (Å²) in [7, 11) is 0. The summed E-state index contributed by atoms with van der Waals surface area (Å²) in [5, 5.41) is 6.12. The van der Waals surface area contributed by atoms with E-state index in [0.29, 0.717) is 29.2 Å². The van der Waals surface area contributed by atoms with Crippen molar-refractivity contribution in [1.82, 2.24) is 15.3 Å². The summed E-state index contributed by atoms with van der Waals surface area (Å²) in [6.45, 7) is 0.470. The number of thioether (sulfide) groups is 1. The maximum Gasteiger partial charge on any atom is 0.251 e. The molecule has 0 fully saturated rings. The van der Waals surface area contributed by atoms with Crippen molar-refractivity contribution in [2.24, 2.45) is 0 Å². The molecule has 2 N–H and O–H groups in total. The van der Waals surface area contributed by atoms with Crippen molar-refractivity contribution in [3.63, 3.8) is 0 Å². The van der Waals surface area contributed by atoms with Gasteiger partial charge in [-0.05, 0) is 60.4 Å². The van der Waals surface area contributed by atoms with E-state index in [1.807, 2.05) is 42.7 Å². The molecule has 0 atom stereocenters. The summed E-state index contributed by atoms with van der Waals surface area (Å²) in [6, 6.07) is 23.2. The van der Waals surface area contributed by atoms with Crippen LogP contribution in [0.4, 0.5) is 15.9 Å². The van der Waals surface area contributed by atoms with Crippen LogP contribution in [0.2, 0.25) is 0 Å². The van der Waals surface area contributed by atoms with Gasteiger partial charge in [0.05, 0.1) is 5.69 Å². The Morgan fingerprint density at radius 1 is 0.969 bits per heavy atom. The predicted octanol–water partition coefficient (Wildman–Crippen LogP) is 5.68. The minimum atomic E-state index is -0.318. The fraction of sp³-hybridized carbons (Fsp3) is 0.0800. The van der Waals surface area contributed by atoms with Gasteiger partial charge in [-0.1, -0.05) is 24.3 Å². The maximum atomic E-state index is 13.5. The molecule has 0 radical (unpaired) electrons. The third-order valence-corrected chi connectivity index (χ3v) is 5.56. The number of rotatable bonds is 7. The first-order valence-corrected chi connectivity index (χ1v) is 11.2. The van der Waals surface area contributed by atoms with Crippen LogP contribution in [0.25, 0.3) is 11.3 Å². The SMILES string of the molecule is CSc1ccc(CNC(=O)c2ccc(Nc3cc(-c4cccc(F)c4)ncn3)cc2)cc1. The second-order valence-electron chi connectivity index (χ2n) is 7.03. The number of nitrogens with one attached hydrogen (secondary N) is 2. The molecule has 0 unspecified atom stereocenters. The fourth-order valence-corrected chi connectivity index (χ4v) is 3.52. The summed E-state index contributed by atoms with van der Waals surface area (Å²) in [4.78, 5) is 22.1. The molecule has 0 aliphatic carbocycles. The molecule has 1 aromatic heterocycles. The van der Waals surface area contributed by atoms with Crippen molar-refractivity contribution in [2.75, 3.05) is 11.6 Å². The van der Waals surface area contributed by atoms with Gasteiger partial charge in [0.1, 0.15) is 18.0 Å². The van der Waals surface area contributed by atoms with E-state index in [2.05, 4.69) is 20.6 Å². The molecule has 1 heterocycles. The van der Waals surface area contributed by atoms with Crippen molar-refractivity contribution in [1.29, 1.82) is 0 Å². The number of carbonyl (C=O) groups is 1. The molecule has 0 saturated carbocycles. The molecular formula is C25H21FN4OS. The Hall–Kier alpha value is -3.71. The minimum absolute atomic E-state index is 0.138. The van der Waals surface area contributed by atoms with E-state index in [1.165, 1.54) is 23.4 Å². The van der Waals surface area contributed by atoms with E-state index in [4.69, 9.17) is 0 Å². The lowest BCUT2D eigenvalue weighted by molar-refractivity contribution is 0.0951. The fourth-order valence-electron chi connectivity index (χ4n) is 3.11. The van der Waals surface area contributed by atoms with Crippen molar-refractivity contribution < 1.29 is 9.18 Å². The number of halogens is 1. The van der Waals surface area contributed by atoms with E-state index in [0.717, 1.165) is 11.3 Å². The Kier molecular flexibility index (Phi) is 6.77. The first-order chi connectivity index (χ1) is 15.6. The second kappa shape index (κ2) is 10.1. The standard InChI is InChI=1S/C25H21FN4OS/c1-32-22-11-5-17(6-12-22)15-27-25(31)18-7-9-21(10-8-18)30-24-14-23(28-16-29-24)19-3-2-4-20(26)13-19/h2-14,16H,15H2,1H3,(H,27,31)(H,28,29,30). The molecular weight excluding hydrogens is 423 g/mol. The number of hydrogen-bond acceptors (Lipinski definition) is 5. The van der Waals surface area contributed by atoms with Crippen LogP contribution in [0.15, 0.2) is 90.1 Å². The zero-order valence-corrected chi connectivity index (χ0v) is 18.2. The molecule has 0 aliphatic rings. The second-order valence-corrected chi connectivity index (χ2v) is 7.91. The van der Waals surface area contributed by atoms with Crippen LogP contribution >= 0.6 is 11.8 Å². The summed E-state index contributed by atoms with van der Waals surface area (Å²) in [5.41, 5.74) is 3.68. The molecule has 32 heavy (non-hydrogen) atoms. The van der Waals surface area contributed by atoms with Gasteiger partial charge < -0.3 is 10.6 Å². The van der Waals surface area contributed by atoms with Crippen LogP contribution in [-0.2, 0) is 6.54 Å². The number of carbonyl (C=O) groups excluding carboxylic acids is 1. The van der Waals surface area contributed by atoms with Gasteiger partial charge in [-0.15, -0.1) is 11.8 Å². The quantitative estimate of drug-likeness (QED) is 0.359. The van der Waals surface area contributed by atoms with Crippen molar-refractivity contribution in [2.45, 2.75) is 11.4 Å². The van der Waals surface area contributed by atoms with E-state index in [9.17, 15) is 9.18 Å². The van der Waals surface area contributed by atoms with Crippen LogP contribution in [0.1, 0.15) is 15.9 Å². The van der Waals surface area contributed by atoms with Crippen molar-refractivity contribution in [3.8, 4) is 11.3 Å². The molecule has 0 bridgehead atoms. The van der Waals surface area contributed by atoms with Crippen LogP contribution in [0.3, 0.4) is 0 Å². The van der Waals surface area contributed by atoms with Gasteiger partial charge in [-0.25, -0.2) is 14.4 Å². The molecule has 7 heteroatoms. The topological polar surface area (TPSA) is 66.9 Å². The molecule has 0 spiro atoms. The summed E-state index contributed by atoms with van der Waals surface area (Å²) in [6.07, 6.45) is 3.46. The highest BCUT2D eigenvalue weighted by atomic mass is 32.2. The van der Waals surface area contributed by atoms with Crippen LogP contribution in [0.5, 0.6) is 0 Å². The molecule has 0 aliphatic heterocycles. The van der Waals surface area contributed by atoms with E-state index < -0.39 is 0 Å². The molecule has 1 amide bonds. The smallest absolute Gasteiger partial charge is 0.251 e. The van der Waals surface area contributed by atoms with Crippen molar-refractivity contribution >= 4 is 29.2 Å². The van der Waals surface area contributed by atoms with Gasteiger partial charge >= 0.3 is 0 Å². The average Bonchev–Trinajstić information content (AvgIpc) is 2.83. The number of benzene rings is 3. The Morgan fingerprint density at radius 2 is 1.75 bits per heavy atom. The Bertz CT molecular complexity index is 1210. The lowest BCUT2D eigenvalue weighted by Gasteiger charge is -2.09. The van der Waals surface area contributed by atoms with Gasteiger partial charge in [-0.2, -0.15) is 0 Å². The lowest BCUT2D eigenvalue weighted by atomic mass is 10.1. The lowest BCUT2D eigenvalue weighted by Crippen LogP contribution is -2.22. The van der Waals surface area contributed by atoms with Crippen LogP contribution in [-0.4, -0.2) is 22.1 Å². The Morgan fingerprint density at radius 3 is 2.47 bits per heavy atom. The van der Waals surface area contributed by atoms with Gasteiger partial charge in [0, 0.05) is 34.3 Å². The van der Waals surface area contributed by atoms with E-state index in [-0.39, 0.29) is 11.7 Å². The maximum absolute atomic E-state index is 13.5. The van der Waals surface area contributed by atoms with E-state index >= 15 is 0 Å². The van der Waals surface area contributed by atoms with Gasteiger partial charge in [0.2, 0.25) is 0 Å².